The molecule has 9 heteroatoms. The molecule has 2 aromatic rings. The molecular formula is C20H21ClN2O6. The second kappa shape index (κ2) is 10.9. The lowest BCUT2D eigenvalue weighted by atomic mass is 10.2. The lowest BCUT2D eigenvalue weighted by molar-refractivity contribution is -0.131. The van der Waals surface area contributed by atoms with E-state index in [9.17, 15) is 14.4 Å². The average molecular weight is 421 g/mol. The Kier molecular flexibility index (Phi) is 8.29. The molecule has 0 aliphatic rings. The first kappa shape index (κ1) is 22.0. The molecule has 0 aromatic heterocycles. The van der Waals surface area contributed by atoms with Crippen molar-refractivity contribution in [3.63, 3.8) is 0 Å². The number of nitrogens with one attached hydrogen (secondary N) is 2. The Morgan fingerprint density at radius 1 is 0.897 bits per heavy atom. The summed E-state index contributed by atoms with van der Waals surface area (Å²) in [5.74, 6) is -0.653. The number of carbonyl (C=O) groups excluding carboxylic acids is 3. The highest BCUT2D eigenvalue weighted by molar-refractivity contribution is 6.31. The van der Waals surface area contributed by atoms with Gasteiger partial charge < -0.3 is 14.2 Å². The molecule has 0 heterocycles. The molecule has 2 amide bonds. The third-order valence-corrected chi connectivity index (χ3v) is 4.00. The van der Waals surface area contributed by atoms with Crippen LogP contribution in [0.5, 0.6) is 11.5 Å². The number of esters is 1. The topological polar surface area (TPSA) is 103 Å². The van der Waals surface area contributed by atoms with E-state index >= 15 is 0 Å². The number of ether oxygens (including phenoxy) is 3. The van der Waals surface area contributed by atoms with Crippen LogP contribution in [0.1, 0.15) is 22.8 Å². The minimum Gasteiger partial charge on any atom is -0.484 e. The van der Waals surface area contributed by atoms with Gasteiger partial charge in [0.2, 0.25) is 0 Å². The molecular weight excluding hydrogens is 400 g/mol. The predicted octanol–water partition coefficient (Wildman–Crippen LogP) is 2.43. The van der Waals surface area contributed by atoms with E-state index in [0.717, 1.165) is 5.56 Å². The molecule has 0 fully saturated rings. The van der Waals surface area contributed by atoms with Gasteiger partial charge in [-0.05, 0) is 61.9 Å². The van der Waals surface area contributed by atoms with Crippen molar-refractivity contribution in [1.29, 1.82) is 0 Å². The number of halogens is 1. The van der Waals surface area contributed by atoms with E-state index in [4.69, 9.17) is 25.8 Å². The molecule has 0 radical (unpaired) electrons. The highest BCUT2D eigenvalue weighted by Crippen LogP contribution is 2.20. The van der Waals surface area contributed by atoms with Gasteiger partial charge in [0.1, 0.15) is 11.5 Å². The number of hydrogen-bond donors (Lipinski definition) is 2. The van der Waals surface area contributed by atoms with Gasteiger partial charge >= 0.3 is 5.97 Å². The number of amides is 2. The van der Waals surface area contributed by atoms with Crippen molar-refractivity contribution in [2.75, 3.05) is 19.8 Å². The lowest BCUT2D eigenvalue weighted by Crippen LogP contribution is -2.45. The molecule has 2 rings (SSSR count). The summed E-state index contributed by atoms with van der Waals surface area (Å²) in [5, 5.41) is 0.601. The van der Waals surface area contributed by atoms with Crippen LogP contribution in [0.2, 0.25) is 5.02 Å². The smallest absolute Gasteiger partial charge is 0.338 e. The first-order chi connectivity index (χ1) is 13.9. The van der Waals surface area contributed by atoms with Gasteiger partial charge in [0.25, 0.3) is 11.8 Å². The lowest BCUT2D eigenvalue weighted by Gasteiger charge is -2.10. The molecule has 0 saturated carbocycles. The first-order valence-electron chi connectivity index (χ1n) is 8.75. The normalized spacial score (nSPS) is 10.0. The molecule has 0 aliphatic carbocycles. The number of carbonyl (C=O) groups is 3. The van der Waals surface area contributed by atoms with E-state index in [2.05, 4.69) is 10.9 Å². The minimum atomic E-state index is -0.560. The van der Waals surface area contributed by atoms with E-state index in [1.54, 1.807) is 37.3 Å². The molecule has 0 spiro atoms. The summed E-state index contributed by atoms with van der Waals surface area (Å²) in [4.78, 5) is 35.1. The Bertz CT molecular complexity index is 870. The zero-order chi connectivity index (χ0) is 21.2. The Morgan fingerprint density at radius 3 is 2.00 bits per heavy atom. The quantitative estimate of drug-likeness (QED) is 0.502. The first-order valence-corrected chi connectivity index (χ1v) is 9.13. The fourth-order valence-electron chi connectivity index (χ4n) is 2.12. The third-order valence-electron chi connectivity index (χ3n) is 3.58. The summed E-state index contributed by atoms with van der Waals surface area (Å²) >= 11 is 5.92. The van der Waals surface area contributed by atoms with E-state index in [-0.39, 0.29) is 19.8 Å². The molecule has 2 aromatic carbocycles. The van der Waals surface area contributed by atoms with Crippen molar-refractivity contribution in [2.24, 2.45) is 0 Å². The maximum atomic E-state index is 11.8. The van der Waals surface area contributed by atoms with Crippen LogP contribution < -0.4 is 20.3 Å². The van der Waals surface area contributed by atoms with Crippen LogP contribution in [-0.4, -0.2) is 37.6 Å². The summed E-state index contributed by atoms with van der Waals surface area (Å²) in [7, 11) is 0. The second-order valence-electron chi connectivity index (χ2n) is 5.83. The molecule has 0 unspecified atom stereocenters. The van der Waals surface area contributed by atoms with Gasteiger partial charge in [-0.15, -0.1) is 0 Å². The molecule has 2 N–H and O–H groups in total. The monoisotopic (exact) mass is 420 g/mol. The zero-order valence-electron chi connectivity index (χ0n) is 16.0. The maximum absolute atomic E-state index is 11.8. The van der Waals surface area contributed by atoms with Gasteiger partial charge in [0.05, 0.1) is 12.2 Å². The number of aryl methyl sites for hydroxylation is 1. The fraction of sp³-hybridized carbons (Fsp3) is 0.250. The molecule has 0 aliphatic heterocycles. The van der Waals surface area contributed by atoms with Crippen LogP contribution in [0.4, 0.5) is 0 Å². The van der Waals surface area contributed by atoms with Crippen molar-refractivity contribution in [2.45, 2.75) is 13.8 Å². The summed E-state index contributed by atoms with van der Waals surface area (Å²) in [6.45, 7) is 3.22. The molecule has 154 valence electrons. The number of hydrazine groups is 1. The van der Waals surface area contributed by atoms with E-state index in [1.165, 1.54) is 12.1 Å². The second-order valence-corrected chi connectivity index (χ2v) is 6.24. The Hall–Kier alpha value is -3.26. The molecule has 0 saturated heterocycles. The molecule has 0 bridgehead atoms. The summed E-state index contributed by atoms with van der Waals surface area (Å²) in [6, 6.07) is 11.2. The summed E-state index contributed by atoms with van der Waals surface area (Å²) in [5.41, 5.74) is 5.65. The third kappa shape index (κ3) is 7.34. The van der Waals surface area contributed by atoms with Crippen LogP contribution in [0.25, 0.3) is 0 Å². The maximum Gasteiger partial charge on any atom is 0.338 e. The summed E-state index contributed by atoms with van der Waals surface area (Å²) < 4.78 is 15.5. The Balaban J connectivity index is 1.69. The van der Waals surface area contributed by atoms with Crippen LogP contribution in [0.3, 0.4) is 0 Å². The SMILES string of the molecule is CCOC(=O)c1ccc(OCC(=O)NNC(=O)COc2ccc(Cl)c(C)c2)cc1. The average Bonchev–Trinajstić information content (AvgIpc) is 2.72. The van der Waals surface area contributed by atoms with Crippen molar-refractivity contribution in [3.8, 4) is 11.5 Å². The van der Waals surface area contributed by atoms with E-state index in [0.29, 0.717) is 22.1 Å². The number of benzene rings is 2. The highest BCUT2D eigenvalue weighted by atomic mass is 35.5. The van der Waals surface area contributed by atoms with Gasteiger partial charge in [0.15, 0.2) is 13.2 Å². The van der Waals surface area contributed by atoms with Gasteiger partial charge in [-0.2, -0.15) is 0 Å². The van der Waals surface area contributed by atoms with Crippen molar-refractivity contribution >= 4 is 29.4 Å². The Labute approximate surface area is 173 Å². The predicted molar refractivity (Wildman–Crippen MR) is 106 cm³/mol. The van der Waals surface area contributed by atoms with Crippen LogP contribution >= 0.6 is 11.6 Å². The van der Waals surface area contributed by atoms with Crippen LogP contribution in [-0.2, 0) is 14.3 Å². The Morgan fingerprint density at radius 2 is 1.45 bits per heavy atom. The standard InChI is InChI=1S/C20H21ClN2O6/c1-3-27-20(26)14-4-6-15(7-5-14)28-11-18(24)22-23-19(25)12-29-16-8-9-17(21)13(2)10-16/h4-10H,3,11-12H2,1-2H3,(H,22,24)(H,23,25). The highest BCUT2D eigenvalue weighted by Gasteiger charge is 2.09. The van der Waals surface area contributed by atoms with Crippen molar-refractivity contribution in [3.05, 3.63) is 58.6 Å². The molecule has 0 atom stereocenters. The van der Waals surface area contributed by atoms with Gasteiger partial charge in [-0.25, -0.2) is 4.79 Å². The largest absolute Gasteiger partial charge is 0.484 e. The van der Waals surface area contributed by atoms with Gasteiger partial charge in [0, 0.05) is 5.02 Å². The van der Waals surface area contributed by atoms with Crippen molar-refractivity contribution in [1.82, 2.24) is 10.9 Å². The number of hydrogen-bond acceptors (Lipinski definition) is 6. The molecule has 29 heavy (non-hydrogen) atoms. The van der Waals surface area contributed by atoms with Gasteiger partial charge in [-0.3, -0.25) is 20.4 Å². The van der Waals surface area contributed by atoms with Crippen molar-refractivity contribution < 1.29 is 28.6 Å². The molecule has 8 nitrogen and oxygen atoms in total. The van der Waals surface area contributed by atoms with Gasteiger partial charge in [-0.1, -0.05) is 11.6 Å². The minimum absolute atomic E-state index is 0.280. The van der Waals surface area contributed by atoms with Crippen LogP contribution in [0.15, 0.2) is 42.5 Å². The van der Waals surface area contributed by atoms with E-state index in [1.807, 2.05) is 6.92 Å². The van der Waals surface area contributed by atoms with Crippen LogP contribution in [0, 0.1) is 6.92 Å². The summed E-state index contributed by atoms with van der Waals surface area (Å²) in [6.07, 6.45) is 0. The van der Waals surface area contributed by atoms with E-state index < -0.39 is 17.8 Å². The zero-order valence-corrected chi connectivity index (χ0v) is 16.7. The fourth-order valence-corrected chi connectivity index (χ4v) is 2.24. The number of rotatable bonds is 8.